The van der Waals surface area contributed by atoms with E-state index in [1.165, 1.54) is 19.3 Å². The summed E-state index contributed by atoms with van der Waals surface area (Å²) < 4.78 is 0. The predicted octanol–water partition coefficient (Wildman–Crippen LogP) is 4.10. The normalized spacial score (nSPS) is 5.53. The van der Waals surface area contributed by atoms with Crippen LogP contribution in [0.25, 0.3) is 0 Å². The Morgan fingerprint density at radius 1 is 1.21 bits per heavy atom. The summed E-state index contributed by atoms with van der Waals surface area (Å²) in [5, 5.41) is 0. The van der Waals surface area contributed by atoms with Gasteiger partial charge in [0.05, 0.1) is 0 Å². The van der Waals surface area contributed by atoms with Crippen molar-refractivity contribution in [1.82, 2.24) is 0 Å². The maximum atomic E-state index is 8.68. The van der Waals surface area contributed by atoms with E-state index in [1.54, 1.807) is 0 Å². The Morgan fingerprint density at radius 2 is 1.47 bits per heavy atom. The molecule has 0 saturated carbocycles. The molecule has 1 aromatic carbocycles. The number of hydrogen-bond donors (Lipinski definition) is 1. The van der Waals surface area contributed by atoms with Crippen LogP contribution in [0.5, 0.6) is 0 Å². The molecule has 0 radical (unpaired) electrons. The minimum absolute atomic E-state index is 0. The van der Waals surface area contributed by atoms with Gasteiger partial charge in [0.25, 0.3) is 0 Å². The minimum atomic E-state index is 0. The molecule has 0 bridgehead atoms. The van der Waals surface area contributed by atoms with E-state index >= 15 is 0 Å². The monoisotopic (exact) mass is 432 g/mol. The Morgan fingerprint density at radius 3 is 1.53 bits per heavy atom. The maximum Gasteiger partial charge on any atom is 0 e. The second-order valence-corrected chi connectivity index (χ2v) is 2.02. The summed E-state index contributed by atoms with van der Waals surface area (Å²) in [4.78, 5) is 8.68. The van der Waals surface area contributed by atoms with Crippen molar-refractivity contribution in [3.8, 4) is 0 Å². The van der Waals surface area contributed by atoms with Crippen LogP contribution in [0.1, 0.15) is 34.6 Å². The van der Waals surface area contributed by atoms with E-state index in [0.29, 0.717) is 5.70 Å². The van der Waals surface area contributed by atoms with Crippen LogP contribution in [0.3, 0.4) is 0 Å². The summed E-state index contributed by atoms with van der Waals surface area (Å²) in [6, 6.07) is 12.5. The van der Waals surface area contributed by atoms with Gasteiger partial charge in [-0.1, -0.05) is 27.7 Å². The summed E-state index contributed by atoms with van der Waals surface area (Å²) in [5.74, 6) is 0. The molecule has 0 aromatic heterocycles. The van der Waals surface area contributed by atoms with Crippen molar-refractivity contribution < 1.29 is 25.9 Å². The average Bonchev–Trinajstić information content (AvgIpc) is 2.46. The first-order valence-corrected chi connectivity index (χ1v) is 5.88. The zero-order valence-electron chi connectivity index (χ0n) is 12.6. The Bertz CT molecular complexity index is 221. The molecule has 19 heavy (non-hydrogen) atoms. The van der Waals surface area contributed by atoms with Gasteiger partial charge in [0, 0.05) is 21.1 Å². The van der Waals surface area contributed by atoms with E-state index in [2.05, 4.69) is 12.6 Å². The number of hydrogen-bond acceptors (Lipinski definition) is 2. The van der Waals surface area contributed by atoms with E-state index in [-0.39, 0.29) is 21.1 Å². The van der Waals surface area contributed by atoms with Gasteiger partial charge in [-0.15, -0.1) is 5.70 Å². The molecular formula is C16H26NOW-3. The molecule has 0 spiro atoms. The standard InChI is InChI=1S/C6H5.C4H6N.C2H3O.2C2H6.W/c1-2-4-6-5-3-1;1-3-4(2)5;1-2-3;2*1-2;/h1-5H;1,3H,2,5H2;1H3;2*1-2H3;/q3*-1;;;. The van der Waals surface area contributed by atoms with E-state index in [9.17, 15) is 0 Å². The van der Waals surface area contributed by atoms with Gasteiger partial charge in [0.15, 0.2) is 0 Å². The zero-order valence-corrected chi connectivity index (χ0v) is 15.6. The smallest absolute Gasteiger partial charge is 0 e. The van der Waals surface area contributed by atoms with Crippen LogP contribution in [0.15, 0.2) is 48.7 Å². The third-order valence-corrected chi connectivity index (χ3v) is 0.821. The molecule has 2 N–H and O–H groups in total. The number of rotatable bonds is 1. The zero-order chi connectivity index (χ0) is 15.2. The number of allylic oxidation sites excluding steroid dienone is 1. The minimum Gasteiger partial charge on any atom is -0.542 e. The Labute approximate surface area is 134 Å². The summed E-state index contributed by atoms with van der Waals surface area (Å²) in [6.45, 7) is 17.4. The molecule has 0 unspecified atom stereocenters. The molecule has 1 rings (SSSR count). The fourth-order valence-corrected chi connectivity index (χ4v) is 0.342. The van der Waals surface area contributed by atoms with Crippen molar-refractivity contribution in [3.63, 3.8) is 0 Å². The fraction of sp³-hybridized carbons (Fsp3) is 0.312. The SMILES string of the molecule is CC.CC.C[C-]=O.[CH-]=CC(=C)N.[W].[c-]1ccccc1. The third kappa shape index (κ3) is 79.1. The van der Waals surface area contributed by atoms with Crippen LogP contribution in [0, 0.1) is 12.6 Å². The van der Waals surface area contributed by atoms with E-state index < -0.39 is 0 Å². The number of nitrogens with two attached hydrogens (primary N) is 1. The van der Waals surface area contributed by atoms with Crippen molar-refractivity contribution in [2.45, 2.75) is 34.6 Å². The van der Waals surface area contributed by atoms with Crippen LogP contribution in [-0.4, -0.2) is 6.29 Å². The van der Waals surface area contributed by atoms with Crippen molar-refractivity contribution in [2.75, 3.05) is 0 Å². The van der Waals surface area contributed by atoms with Gasteiger partial charge >= 0.3 is 0 Å². The number of benzene rings is 1. The predicted molar refractivity (Wildman–Crippen MR) is 81.5 cm³/mol. The summed E-state index contributed by atoms with van der Waals surface area (Å²) >= 11 is 0. The Kier molecular flexibility index (Phi) is 70.5. The molecule has 0 aliphatic carbocycles. The second kappa shape index (κ2) is 43.6. The van der Waals surface area contributed by atoms with Gasteiger partial charge in [-0.2, -0.15) is 49.9 Å². The van der Waals surface area contributed by atoms with Crippen LogP contribution in [0.4, 0.5) is 0 Å². The molecule has 0 aliphatic rings. The molecule has 0 saturated heterocycles. The van der Waals surface area contributed by atoms with E-state index in [1.807, 2.05) is 58.0 Å². The topological polar surface area (TPSA) is 43.1 Å². The van der Waals surface area contributed by atoms with Gasteiger partial charge in [0.1, 0.15) is 0 Å². The summed E-state index contributed by atoms with van der Waals surface area (Å²) in [5.41, 5.74) is 5.32. The molecular weight excluding hydrogens is 406 g/mol. The molecule has 0 heterocycles. The van der Waals surface area contributed by atoms with E-state index in [0.717, 1.165) is 0 Å². The van der Waals surface area contributed by atoms with Gasteiger partial charge in [-0.3, -0.25) is 12.9 Å². The molecule has 1 aromatic rings. The Balaban J connectivity index is -0.0000000462. The molecule has 110 valence electrons. The van der Waals surface area contributed by atoms with Gasteiger partial charge in [-0.05, 0) is 0 Å². The Hall–Kier alpha value is -1.14. The third-order valence-electron chi connectivity index (χ3n) is 0.821. The first kappa shape index (κ1) is 30.7. The van der Waals surface area contributed by atoms with Crippen LogP contribution >= 0.6 is 0 Å². The van der Waals surface area contributed by atoms with Crippen LogP contribution < -0.4 is 5.73 Å². The molecule has 3 heteroatoms. The fourth-order valence-electron chi connectivity index (χ4n) is 0.342. The molecule has 0 aliphatic heterocycles. The van der Waals surface area contributed by atoms with Gasteiger partial charge in [-0.25, -0.2) is 6.08 Å². The summed E-state index contributed by atoms with van der Waals surface area (Å²) in [6.07, 6.45) is 2.75. The quantitative estimate of drug-likeness (QED) is 0.537. The van der Waals surface area contributed by atoms with Crippen molar-refractivity contribution in [1.29, 1.82) is 0 Å². The van der Waals surface area contributed by atoms with Gasteiger partial charge in [0.2, 0.25) is 0 Å². The average molecular weight is 432 g/mol. The van der Waals surface area contributed by atoms with Crippen molar-refractivity contribution in [2.24, 2.45) is 5.73 Å². The van der Waals surface area contributed by atoms with E-state index in [4.69, 9.17) is 17.1 Å². The molecule has 0 amide bonds. The van der Waals surface area contributed by atoms with Crippen molar-refractivity contribution >= 4 is 6.29 Å². The first-order valence-electron chi connectivity index (χ1n) is 5.88. The van der Waals surface area contributed by atoms with Crippen LogP contribution in [-0.2, 0) is 25.9 Å². The molecule has 0 fully saturated rings. The number of carbonyl (C=O) groups excluding carboxylic acids is 1. The molecule has 0 atom stereocenters. The van der Waals surface area contributed by atoms with Crippen LogP contribution in [0.2, 0.25) is 0 Å². The van der Waals surface area contributed by atoms with Crippen molar-refractivity contribution in [3.05, 3.63) is 61.3 Å². The molecule has 2 nitrogen and oxygen atoms in total. The summed E-state index contributed by atoms with van der Waals surface area (Å²) in [7, 11) is 0. The van der Waals surface area contributed by atoms with Gasteiger partial charge < -0.3 is 10.5 Å². The first-order chi connectivity index (χ1) is 8.68. The second-order valence-electron chi connectivity index (χ2n) is 2.02. The maximum absolute atomic E-state index is 8.68. The largest absolute Gasteiger partial charge is 0.542 e.